The molecule has 0 bridgehead atoms. The van der Waals surface area contributed by atoms with Crippen LogP contribution in [0.5, 0.6) is 0 Å². The predicted molar refractivity (Wildman–Crippen MR) is 71.1 cm³/mol. The van der Waals surface area contributed by atoms with Crippen LogP contribution in [0.15, 0.2) is 30.3 Å². The van der Waals surface area contributed by atoms with E-state index in [1.807, 2.05) is 13.0 Å². The highest BCUT2D eigenvalue weighted by atomic mass is 16.1. The summed E-state index contributed by atoms with van der Waals surface area (Å²) in [6.45, 7) is 2.48. The van der Waals surface area contributed by atoms with E-state index in [2.05, 4.69) is 10.3 Å². The van der Waals surface area contributed by atoms with Crippen molar-refractivity contribution in [1.29, 1.82) is 0 Å². The van der Waals surface area contributed by atoms with Crippen molar-refractivity contribution in [2.45, 2.75) is 13.5 Å². The number of anilines is 3. The predicted octanol–water partition coefficient (Wildman–Crippen LogP) is 1.32. The first-order valence-electron chi connectivity index (χ1n) is 5.61. The molecule has 0 saturated heterocycles. The van der Waals surface area contributed by atoms with Gasteiger partial charge in [-0.1, -0.05) is 18.2 Å². The molecule has 2 aromatic rings. The molecule has 0 unspecified atom stereocenters. The average molecular weight is 245 g/mol. The van der Waals surface area contributed by atoms with Gasteiger partial charge in [-0.05, 0) is 19.1 Å². The van der Waals surface area contributed by atoms with Crippen molar-refractivity contribution in [2.75, 3.05) is 16.8 Å². The van der Waals surface area contributed by atoms with Gasteiger partial charge in [-0.3, -0.25) is 14.7 Å². The fraction of sp³-hybridized carbons (Fsp3) is 0.167. The number of carbonyl (C=O) groups excluding carboxylic acids is 1. The van der Waals surface area contributed by atoms with E-state index < -0.39 is 0 Å². The lowest BCUT2D eigenvalue weighted by Gasteiger charge is -2.07. The van der Waals surface area contributed by atoms with E-state index in [1.54, 1.807) is 28.8 Å². The normalized spacial score (nSPS) is 10.3. The summed E-state index contributed by atoms with van der Waals surface area (Å²) in [5, 5.41) is 2.69. The molecule has 2 rings (SSSR count). The molecule has 0 saturated carbocycles. The second kappa shape index (κ2) is 4.79. The zero-order valence-electron chi connectivity index (χ0n) is 10.1. The minimum Gasteiger partial charge on any atom is -0.382 e. The minimum absolute atomic E-state index is 0.222. The molecular weight excluding hydrogens is 230 g/mol. The number of rotatable bonds is 3. The quantitative estimate of drug-likeness (QED) is 0.759. The summed E-state index contributed by atoms with van der Waals surface area (Å²) in [5.41, 5.74) is 11.9. The summed E-state index contributed by atoms with van der Waals surface area (Å²) in [4.78, 5) is 16.0. The average Bonchev–Trinajstić information content (AvgIpc) is 2.65. The highest BCUT2D eigenvalue weighted by molar-refractivity contribution is 6.03. The van der Waals surface area contributed by atoms with E-state index >= 15 is 0 Å². The topological polar surface area (TPSA) is 99.0 Å². The Balaban J connectivity index is 2.25. The van der Waals surface area contributed by atoms with Crippen LogP contribution in [0.25, 0.3) is 0 Å². The third-order valence-electron chi connectivity index (χ3n) is 2.61. The van der Waals surface area contributed by atoms with Gasteiger partial charge >= 0.3 is 0 Å². The number of nitrogens with zero attached hydrogens (tertiary/aromatic N) is 2. The SMILES string of the molecule is CCn1c(NC(=O)c2ccccc2)nc(N)c1N. The summed E-state index contributed by atoms with van der Waals surface area (Å²) in [7, 11) is 0. The molecule has 6 nitrogen and oxygen atoms in total. The number of hydrogen-bond acceptors (Lipinski definition) is 4. The third kappa shape index (κ3) is 2.13. The van der Waals surface area contributed by atoms with Crippen LogP contribution in [0.4, 0.5) is 17.6 Å². The van der Waals surface area contributed by atoms with Gasteiger partial charge in [0.15, 0.2) is 5.82 Å². The lowest BCUT2D eigenvalue weighted by molar-refractivity contribution is 0.102. The van der Waals surface area contributed by atoms with Gasteiger partial charge in [-0.25, -0.2) is 0 Å². The molecule has 0 aliphatic heterocycles. The number of imidazole rings is 1. The van der Waals surface area contributed by atoms with E-state index in [1.165, 1.54) is 0 Å². The van der Waals surface area contributed by atoms with Crippen molar-refractivity contribution in [3.63, 3.8) is 0 Å². The fourth-order valence-electron chi connectivity index (χ4n) is 1.66. The Morgan fingerprint density at radius 3 is 2.61 bits per heavy atom. The van der Waals surface area contributed by atoms with E-state index in [9.17, 15) is 4.79 Å². The van der Waals surface area contributed by atoms with Crippen molar-refractivity contribution in [2.24, 2.45) is 0 Å². The fourth-order valence-corrected chi connectivity index (χ4v) is 1.66. The second-order valence-corrected chi connectivity index (χ2v) is 3.77. The Hall–Kier alpha value is -2.50. The first-order chi connectivity index (χ1) is 8.63. The van der Waals surface area contributed by atoms with Crippen LogP contribution in [0.1, 0.15) is 17.3 Å². The van der Waals surface area contributed by atoms with E-state index in [0.29, 0.717) is 23.9 Å². The molecule has 0 aliphatic rings. The molecule has 1 heterocycles. The molecule has 6 heteroatoms. The Morgan fingerprint density at radius 2 is 2.00 bits per heavy atom. The zero-order chi connectivity index (χ0) is 13.1. The monoisotopic (exact) mass is 245 g/mol. The van der Waals surface area contributed by atoms with Crippen LogP contribution < -0.4 is 16.8 Å². The standard InChI is InChI=1S/C12H15N5O/c1-2-17-10(14)9(13)15-12(17)16-11(18)8-6-4-3-5-7-8/h3-7H,2,13-14H2,1H3,(H,15,16,18). The molecule has 1 amide bonds. The molecule has 0 spiro atoms. The Kier molecular flexibility index (Phi) is 3.18. The summed E-state index contributed by atoms with van der Waals surface area (Å²) in [5.74, 6) is 0.706. The molecule has 0 atom stereocenters. The number of hydrogen-bond donors (Lipinski definition) is 3. The number of benzene rings is 1. The second-order valence-electron chi connectivity index (χ2n) is 3.77. The number of nitrogen functional groups attached to an aromatic ring is 2. The maximum atomic E-state index is 12.0. The Morgan fingerprint density at radius 1 is 1.33 bits per heavy atom. The van der Waals surface area contributed by atoms with Crippen LogP contribution in [0.2, 0.25) is 0 Å². The number of nitrogens with two attached hydrogens (primary N) is 2. The largest absolute Gasteiger partial charge is 0.382 e. The first kappa shape index (κ1) is 12.0. The summed E-state index contributed by atoms with van der Waals surface area (Å²) in [6.07, 6.45) is 0. The molecule has 5 N–H and O–H groups in total. The van der Waals surface area contributed by atoms with Gasteiger partial charge in [0.25, 0.3) is 5.91 Å². The van der Waals surface area contributed by atoms with E-state index in [4.69, 9.17) is 11.5 Å². The van der Waals surface area contributed by atoms with Crippen molar-refractivity contribution >= 4 is 23.5 Å². The van der Waals surface area contributed by atoms with Gasteiger partial charge < -0.3 is 11.5 Å². The van der Waals surface area contributed by atoms with Crippen LogP contribution in [0.3, 0.4) is 0 Å². The molecule has 18 heavy (non-hydrogen) atoms. The van der Waals surface area contributed by atoms with Gasteiger partial charge in [0.1, 0.15) is 5.82 Å². The van der Waals surface area contributed by atoms with Crippen LogP contribution in [-0.4, -0.2) is 15.5 Å². The third-order valence-corrected chi connectivity index (χ3v) is 2.61. The van der Waals surface area contributed by atoms with Gasteiger partial charge in [0, 0.05) is 12.1 Å². The molecule has 0 aliphatic carbocycles. The van der Waals surface area contributed by atoms with Gasteiger partial charge in [0.2, 0.25) is 5.95 Å². The van der Waals surface area contributed by atoms with Crippen molar-refractivity contribution in [3.05, 3.63) is 35.9 Å². The summed E-state index contributed by atoms with van der Waals surface area (Å²) in [6, 6.07) is 8.89. The maximum Gasteiger partial charge on any atom is 0.257 e. The highest BCUT2D eigenvalue weighted by Gasteiger charge is 2.14. The van der Waals surface area contributed by atoms with Crippen molar-refractivity contribution in [3.8, 4) is 0 Å². The lowest BCUT2D eigenvalue weighted by atomic mass is 10.2. The highest BCUT2D eigenvalue weighted by Crippen LogP contribution is 2.20. The van der Waals surface area contributed by atoms with E-state index in [-0.39, 0.29) is 11.7 Å². The summed E-state index contributed by atoms with van der Waals surface area (Å²) < 4.78 is 1.65. The van der Waals surface area contributed by atoms with Crippen molar-refractivity contribution < 1.29 is 4.79 Å². The zero-order valence-corrected chi connectivity index (χ0v) is 10.1. The van der Waals surface area contributed by atoms with E-state index in [0.717, 1.165) is 0 Å². The molecular formula is C12H15N5O. The summed E-state index contributed by atoms with van der Waals surface area (Å²) >= 11 is 0. The molecule has 94 valence electrons. The number of amides is 1. The molecule has 1 aromatic heterocycles. The van der Waals surface area contributed by atoms with Crippen LogP contribution >= 0.6 is 0 Å². The van der Waals surface area contributed by atoms with Crippen LogP contribution in [-0.2, 0) is 6.54 Å². The number of carbonyl (C=O) groups is 1. The molecule has 1 aromatic carbocycles. The molecule has 0 fully saturated rings. The Labute approximate surface area is 105 Å². The number of nitrogens with one attached hydrogen (secondary N) is 1. The molecule has 0 radical (unpaired) electrons. The van der Waals surface area contributed by atoms with Gasteiger partial charge in [0.05, 0.1) is 0 Å². The van der Waals surface area contributed by atoms with Crippen molar-refractivity contribution in [1.82, 2.24) is 9.55 Å². The Bertz CT molecular complexity index is 561. The van der Waals surface area contributed by atoms with Gasteiger partial charge in [-0.2, -0.15) is 4.98 Å². The van der Waals surface area contributed by atoms with Crippen LogP contribution in [0, 0.1) is 0 Å². The number of aromatic nitrogens is 2. The minimum atomic E-state index is -0.240. The maximum absolute atomic E-state index is 12.0. The smallest absolute Gasteiger partial charge is 0.257 e. The first-order valence-corrected chi connectivity index (χ1v) is 5.61. The van der Waals surface area contributed by atoms with Gasteiger partial charge in [-0.15, -0.1) is 0 Å². The lowest BCUT2D eigenvalue weighted by Crippen LogP contribution is -2.16.